The molecule has 0 radical (unpaired) electrons. The third-order valence-corrected chi connectivity index (χ3v) is 3.29. The van der Waals surface area contributed by atoms with E-state index in [0.717, 1.165) is 32.2 Å². The van der Waals surface area contributed by atoms with E-state index < -0.39 is 0 Å². The Bertz CT molecular complexity index is 213. The van der Waals surface area contributed by atoms with Crippen LogP contribution < -0.4 is 0 Å². The van der Waals surface area contributed by atoms with Crippen molar-refractivity contribution in [1.82, 2.24) is 0 Å². The summed E-state index contributed by atoms with van der Waals surface area (Å²) >= 11 is 0. The Labute approximate surface area is 106 Å². The molecule has 0 aromatic heterocycles. The molecule has 2 nitrogen and oxygen atoms in total. The molecule has 2 heteroatoms. The molecule has 1 rings (SSSR count). The molecule has 17 heavy (non-hydrogen) atoms. The molecular formula is C15H28O2. The first kappa shape index (κ1) is 14.7. The van der Waals surface area contributed by atoms with Gasteiger partial charge in [-0.25, -0.2) is 0 Å². The van der Waals surface area contributed by atoms with Gasteiger partial charge in [0.1, 0.15) is 0 Å². The topological polar surface area (TPSA) is 18.5 Å². The molecule has 2 unspecified atom stereocenters. The smallest absolute Gasteiger partial charge is 0.0809 e. The molecule has 1 fully saturated rings. The molecule has 0 saturated carbocycles. The maximum Gasteiger partial charge on any atom is 0.0809 e. The lowest BCUT2D eigenvalue weighted by molar-refractivity contribution is -0.0526. The number of hydrogen-bond acceptors (Lipinski definition) is 2. The maximum absolute atomic E-state index is 5.84. The number of ether oxygens (including phenoxy) is 2. The van der Waals surface area contributed by atoms with Crippen LogP contribution in [0.15, 0.2) is 11.6 Å². The summed E-state index contributed by atoms with van der Waals surface area (Å²) in [5.74, 6) is 0.759. The highest BCUT2D eigenvalue weighted by molar-refractivity contribution is 4.92. The van der Waals surface area contributed by atoms with Crippen LogP contribution in [-0.2, 0) is 9.47 Å². The van der Waals surface area contributed by atoms with E-state index in [1.54, 1.807) is 0 Å². The SMILES string of the molecule is CC(C)=CCCC(C)CCOC1CCCOC1. The van der Waals surface area contributed by atoms with Crippen LogP contribution in [0, 0.1) is 5.92 Å². The molecule has 0 aliphatic carbocycles. The van der Waals surface area contributed by atoms with Gasteiger partial charge in [-0.15, -0.1) is 0 Å². The minimum atomic E-state index is 0.355. The fourth-order valence-corrected chi connectivity index (χ4v) is 2.08. The lowest BCUT2D eigenvalue weighted by Gasteiger charge is -2.23. The monoisotopic (exact) mass is 240 g/mol. The van der Waals surface area contributed by atoms with E-state index >= 15 is 0 Å². The lowest BCUT2D eigenvalue weighted by Crippen LogP contribution is -2.26. The third-order valence-electron chi connectivity index (χ3n) is 3.29. The summed E-state index contributed by atoms with van der Waals surface area (Å²) < 4.78 is 11.2. The van der Waals surface area contributed by atoms with Crippen molar-refractivity contribution in [2.24, 2.45) is 5.92 Å². The van der Waals surface area contributed by atoms with Crippen molar-refractivity contribution in [2.45, 2.75) is 59.0 Å². The first-order valence-corrected chi connectivity index (χ1v) is 7.01. The van der Waals surface area contributed by atoms with Crippen LogP contribution in [0.1, 0.15) is 52.9 Å². The van der Waals surface area contributed by atoms with Crippen LogP contribution in [-0.4, -0.2) is 25.9 Å². The summed E-state index contributed by atoms with van der Waals surface area (Å²) in [4.78, 5) is 0. The number of hydrogen-bond donors (Lipinski definition) is 0. The second-order valence-corrected chi connectivity index (χ2v) is 5.46. The molecule has 0 aromatic carbocycles. The molecule has 0 amide bonds. The van der Waals surface area contributed by atoms with Crippen molar-refractivity contribution in [3.63, 3.8) is 0 Å². The summed E-state index contributed by atoms with van der Waals surface area (Å²) in [5, 5.41) is 0. The predicted molar refractivity (Wildman–Crippen MR) is 72.2 cm³/mol. The summed E-state index contributed by atoms with van der Waals surface area (Å²) in [5.41, 5.74) is 1.42. The fourth-order valence-electron chi connectivity index (χ4n) is 2.08. The van der Waals surface area contributed by atoms with Gasteiger partial charge in [-0.2, -0.15) is 0 Å². The van der Waals surface area contributed by atoms with Crippen LogP contribution in [0.3, 0.4) is 0 Å². The van der Waals surface area contributed by atoms with Gasteiger partial charge in [0.15, 0.2) is 0 Å². The minimum absolute atomic E-state index is 0.355. The average Bonchev–Trinajstić information content (AvgIpc) is 2.30. The Morgan fingerprint density at radius 1 is 1.41 bits per heavy atom. The van der Waals surface area contributed by atoms with Gasteiger partial charge in [-0.3, -0.25) is 0 Å². The van der Waals surface area contributed by atoms with Gasteiger partial charge in [-0.05, 0) is 51.9 Å². The molecular weight excluding hydrogens is 212 g/mol. The molecule has 1 heterocycles. The van der Waals surface area contributed by atoms with Gasteiger partial charge in [-0.1, -0.05) is 18.6 Å². The Balaban J connectivity index is 1.99. The summed E-state index contributed by atoms with van der Waals surface area (Å²) in [7, 11) is 0. The quantitative estimate of drug-likeness (QED) is 0.627. The van der Waals surface area contributed by atoms with Crippen LogP contribution in [0.25, 0.3) is 0 Å². The zero-order valence-corrected chi connectivity index (χ0v) is 11.7. The Morgan fingerprint density at radius 2 is 2.24 bits per heavy atom. The van der Waals surface area contributed by atoms with Crippen molar-refractivity contribution in [2.75, 3.05) is 19.8 Å². The van der Waals surface area contributed by atoms with Gasteiger partial charge >= 0.3 is 0 Å². The predicted octanol–water partition coefficient (Wildman–Crippen LogP) is 3.95. The van der Waals surface area contributed by atoms with Crippen LogP contribution >= 0.6 is 0 Å². The molecule has 0 spiro atoms. The maximum atomic E-state index is 5.84. The zero-order valence-electron chi connectivity index (χ0n) is 11.7. The highest BCUT2D eigenvalue weighted by atomic mass is 16.5. The zero-order chi connectivity index (χ0) is 12.5. The standard InChI is InChI=1S/C15H28O2/c1-13(2)6-4-7-14(3)9-11-17-15-8-5-10-16-12-15/h6,14-15H,4-5,7-12H2,1-3H3. The van der Waals surface area contributed by atoms with Gasteiger partial charge in [0.25, 0.3) is 0 Å². The van der Waals surface area contributed by atoms with Crippen molar-refractivity contribution in [1.29, 1.82) is 0 Å². The Morgan fingerprint density at radius 3 is 2.88 bits per heavy atom. The highest BCUT2D eigenvalue weighted by Crippen LogP contribution is 2.14. The number of allylic oxidation sites excluding steroid dienone is 2. The van der Waals surface area contributed by atoms with Crippen LogP contribution in [0.5, 0.6) is 0 Å². The minimum Gasteiger partial charge on any atom is -0.379 e. The van der Waals surface area contributed by atoms with E-state index in [0.29, 0.717) is 6.10 Å². The lowest BCUT2D eigenvalue weighted by atomic mass is 10.0. The van der Waals surface area contributed by atoms with Crippen molar-refractivity contribution in [3.05, 3.63) is 11.6 Å². The highest BCUT2D eigenvalue weighted by Gasteiger charge is 2.14. The van der Waals surface area contributed by atoms with Gasteiger partial charge < -0.3 is 9.47 Å². The summed E-state index contributed by atoms with van der Waals surface area (Å²) in [6.45, 7) is 9.25. The molecule has 1 saturated heterocycles. The first-order chi connectivity index (χ1) is 8.18. The molecule has 0 bridgehead atoms. The normalized spacial score (nSPS) is 22.2. The van der Waals surface area contributed by atoms with E-state index in [1.807, 2.05) is 0 Å². The first-order valence-electron chi connectivity index (χ1n) is 7.01. The van der Waals surface area contributed by atoms with E-state index in [2.05, 4.69) is 26.8 Å². The summed E-state index contributed by atoms with van der Waals surface area (Å²) in [6.07, 6.45) is 8.66. The summed E-state index contributed by atoms with van der Waals surface area (Å²) in [6, 6.07) is 0. The third kappa shape index (κ3) is 7.56. The van der Waals surface area contributed by atoms with Crippen molar-refractivity contribution in [3.8, 4) is 0 Å². The molecule has 0 N–H and O–H groups in total. The average molecular weight is 240 g/mol. The van der Waals surface area contributed by atoms with Crippen molar-refractivity contribution >= 4 is 0 Å². The van der Waals surface area contributed by atoms with E-state index in [9.17, 15) is 0 Å². The van der Waals surface area contributed by atoms with E-state index in [4.69, 9.17) is 9.47 Å². The van der Waals surface area contributed by atoms with Gasteiger partial charge in [0.2, 0.25) is 0 Å². The van der Waals surface area contributed by atoms with Crippen molar-refractivity contribution < 1.29 is 9.47 Å². The Kier molecular flexibility index (Phi) is 7.54. The van der Waals surface area contributed by atoms with E-state index in [-0.39, 0.29) is 0 Å². The largest absolute Gasteiger partial charge is 0.379 e. The molecule has 100 valence electrons. The van der Waals surface area contributed by atoms with Gasteiger partial charge in [0.05, 0.1) is 12.7 Å². The second kappa shape index (κ2) is 8.71. The molecule has 0 aromatic rings. The molecule has 1 aliphatic heterocycles. The second-order valence-electron chi connectivity index (χ2n) is 5.46. The fraction of sp³-hybridized carbons (Fsp3) is 0.867. The molecule has 1 aliphatic rings. The van der Waals surface area contributed by atoms with E-state index in [1.165, 1.54) is 31.3 Å². The van der Waals surface area contributed by atoms with Gasteiger partial charge in [0, 0.05) is 13.2 Å². The van der Waals surface area contributed by atoms with Crippen LogP contribution in [0.2, 0.25) is 0 Å². The Hall–Kier alpha value is -0.340. The number of rotatable bonds is 7. The molecule has 2 atom stereocenters. The van der Waals surface area contributed by atoms with Crippen LogP contribution in [0.4, 0.5) is 0 Å².